The molecule has 2 rings (SSSR count). The van der Waals surface area contributed by atoms with Crippen molar-refractivity contribution >= 4 is 29.1 Å². The van der Waals surface area contributed by atoms with E-state index in [4.69, 9.17) is 0 Å². The van der Waals surface area contributed by atoms with Gasteiger partial charge in [-0.15, -0.1) is 11.8 Å². The van der Waals surface area contributed by atoms with Crippen molar-refractivity contribution in [2.75, 3.05) is 5.75 Å². The van der Waals surface area contributed by atoms with E-state index < -0.39 is 4.92 Å². The minimum atomic E-state index is -0.488. The highest BCUT2D eigenvalue weighted by atomic mass is 32.2. The van der Waals surface area contributed by atoms with Gasteiger partial charge in [-0.2, -0.15) is 5.10 Å². The first-order chi connectivity index (χ1) is 11.5. The molecule has 0 spiro atoms. The summed E-state index contributed by atoms with van der Waals surface area (Å²) in [6.45, 7) is 1.67. The Labute approximate surface area is 141 Å². The minimum absolute atomic E-state index is 0.0168. The number of carbonyl (C=O) groups is 1. The van der Waals surface area contributed by atoms with Gasteiger partial charge in [0.25, 0.3) is 5.69 Å². The summed E-state index contributed by atoms with van der Waals surface area (Å²) >= 11 is 1.08. The lowest BCUT2D eigenvalue weighted by molar-refractivity contribution is -0.384. The Bertz CT molecular complexity index is 778. The van der Waals surface area contributed by atoms with Crippen LogP contribution in [-0.2, 0) is 4.79 Å². The number of nitrogens with zero attached hydrogens (tertiary/aromatic N) is 2. The molecule has 0 saturated carbocycles. The molecular formula is C16H14FN3O3S. The molecule has 0 atom stereocenters. The summed E-state index contributed by atoms with van der Waals surface area (Å²) in [6.07, 6.45) is 0. The van der Waals surface area contributed by atoms with Crippen LogP contribution >= 0.6 is 11.8 Å². The number of thioether (sulfide) groups is 1. The van der Waals surface area contributed by atoms with Crippen molar-refractivity contribution < 1.29 is 14.1 Å². The van der Waals surface area contributed by atoms with E-state index in [-0.39, 0.29) is 23.2 Å². The summed E-state index contributed by atoms with van der Waals surface area (Å²) in [4.78, 5) is 22.3. The maximum Gasteiger partial charge on any atom is 0.269 e. The fourth-order valence-corrected chi connectivity index (χ4v) is 2.50. The van der Waals surface area contributed by atoms with Crippen molar-refractivity contribution in [3.63, 3.8) is 0 Å². The van der Waals surface area contributed by atoms with Gasteiger partial charge in [0, 0.05) is 17.0 Å². The minimum Gasteiger partial charge on any atom is -0.272 e. The molecule has 0 fully saturated rings. The maximum atomic E-state index is 13.4. The fourth-order valence-electron chi connectivity index (χ4n) is 1.77. The van der Waals surface area contributed by atoms with E-state index in [0.29, 0.717) is 16.2 Å². The average Bonchev–Trinajstić information content (AvgIpc) is 2.59. The Morgan fingerprint density at radius 2 is 1.92 bits per heavy atom. The molecule has 0 radical (unpaired) electrons. The van der Waals surface area contributed by atoms with E-state index in [1.807, 2.05) is 0 Å². The van der Waals surface area contributed by atoms with Crippen molar-refractivity contribution in [1.29, 1.82) is 0 Å². The van der Waals surface area contributed by atoms with Gasteiger partial charge in [0.05, 0.1) is 16.4 Å². The van der Waals surface area contributed by atoms with Gasteiger partial charge in [-0.1, -0.05) is 12.1 Å². The summed E-state index contributed by atoms with van der Waals surface area (Å²) in [6, 6.07) is 12.0. The molecule has 0 unspecified atom stereocenters. The number of nitro groups is 1. The molecule has 1 N–H and O–H groups in total. The van der Waals surface area contributed by atoms with E-state index >= 15 is 0 Å². The number of carbonyl (C=O) groups excluding carboxylic acids is 1. The van der Waals surface area contributed by atoms with Gasteiger partial charge in [0.15, 0.2) is 0 Å². The Morgan fingerprint density at radius 1 is 1.25 bits per heavy atom. The van der Waals surface area contributed by atoms with Gasteiger partial charge in [-0.25, -0.2) is 9.82 Å². The first-order valence-corrected chi connectivity index (χ1v) is 7.91. The third kappa shape index (κ3) is 4.88. The molecule has 0 aliphatic carbocycles. The third-order valence-corrected chi connectivity index (χ3v) is 4.09. The van der Waals surface area contributed by atoms with Gasteiger partial charge >= 0.3 is 0 Å². The number of hydrogen-bond donors (Lipinski definition) is 1. The van der Waals surface area contributed by atoms with E-state index in [0.717, 1.165) is 11.8 Å². The van der Waals surface area contributed by atoms with E-state index in [1.54, 1.807) is 37.3 Å². The fraction of sp³-hybridized carbons (Fsp3) is 0.125. The Morgan fingerprint density at radius 3 is 2.54 bits per heavy atom. The first-order valence-electron chi connectivity index (χ1n) is 6.92. The lowest BCUT2D eigenvalue weighted by Crippen LogP contribution is -2.21. The van der Waals surface area contributed by atoms with Crippen LogP contribution in [0.1, 0.15) is 12.5 Å². The molecule has 2 aromatic rings. The first kappa shape index (κ1) is 17.6. The predicted octanol–water partition coefficient (Wildman–Crippen LogP) is 3.37. The van der Waals surface area contributed by atoms with Crippen LogP contribution in [0.25, 0.3) is 0 Å². The average molecular weight is 347 g/mol. The summed E-state index contributed by atoms with van der Waals surface area (Å²) < 4.78 is 13.4. The Kier molecular flexibility index (Phi) is 6.02. The maximum absolute atomic E-state index is 13.4. The van der Waals surface area contributed by atoms with Crippen molar-refractivity contribution in [3.05, 3.63) is 70.0 Å². The quantitative estimate of drug-likeness (QED) is 0.376. The number of hydrogen-bond acceptors (Lipinski definition) is 5. The van der Waals surface area contributed by atoms with Gasteiger partial charge in [0.1, 0.15) is 5.82 Å². The summed E-state index contributed by atoms with van der Waals surface area (Å²) in [7, 11) is 0. The summed E-state index contributed by atoms with van der Waals surface area (Å²) in [5.41, 5.74) is 3.53. The highest BCUT2D eigenvalue weighted by molar-refractivity contribution is 8.00. The van der Waals surface area contributed by atoms with Crippen LogP contribution in [-0.4, -0.2) is 22.3 Å². The zero-order valence-electron chi connectivity index (χ0n) is 12.7. The molecule has 0 aliphatic heterocycles. The van der Waals surface area contributed by atoms with Crippen molar-refractivity contribution in [2.24, 2.45) is 5.10 Å². The van der Waals surface area contributed by atoms with E-state index in [1.165, 1.54) is 18.2 Å². The molecule has 2 aromatic carbocycles. The topological polar surface area (TPSA) is 84.6 Å². The SMILES string of the molecule is C/C(=N\NC(=O)CSc1ccccc1F)c1ccc([N+](=O)[O-])cc1. The van der Waals surface area contributed by atoms with Crippen molar-refractivity contribution in [3.8, 4) is 0 Å². The number of amides is 1. The van der Waals surface area contributed by atoms with Crippen LogP contribution in [0.3, 0.4) is 0 Å². The number of nitro benzene ring substituents is 1. The molecular weight excluding hydrogens is 333 g/mol. The van der Waals surface area contributed by atoms with Crippen LogP contribution < -0.4 is 5.43 Å². The zero-order chi connectivity index (χ0) is 17.5. The smallest absolute Gasteiger partial charge is 0.269 e. The number of halogens is 1. The normalized spacial score (nSPS) is 11.2. The van der Waals surface area contributed by atoms with E-state index in [2.05, 4.69) is 10.5 Å². The molecule has 0 bridgehead atoms. The van der Waals surface area contributed by atoms with Crippen molar-refractivity contribution in [2.45, 2.75) is 11.8 Å². The number of non-ortho nitro benzene ring substituents is 1. The molecule has 8 heteroatoms. The van der Waals surface area contributed by atoms with Crippen LogP contribution in [0, 0.1) is 15.9 Å². The monoisotopic (exact) mass is 347 g/mol. The molecule has 0 saturated heterocycles. The highest BCUT2D eigenvalue weighted by Crippen LogP contribution is 2.20. The number of hydrazone groups is 1. The third-order valence-electron chi connectivity index (χ3n) is 3.04. The number of benzene rings is 2. The lowest BCUT2D eigenvalue weighted by Gasteiger charge is -2.04. The van der Waals surface area contributed by atoms with Gasteiger partial charge in [-0.3, -0.25) is 14.9 Å². The number of nitrogens with one attached hydrogen (secondary N) is 1. The molecule has 0 aromatic heterocycles. The van der Waals surface area contributed by atoms with E-state index in [9.17, 15) is 19.3 Å². The molecule has 124 valence electrons. The Hall–Kier alpha value is -2.74. The molecule has 24 heavy (non-hydrogen) atoms. The van der Waals surface area contributed by atoms with Crippen LogP contribution in [0.4, 0.5) is 10.1 Å². The predicted molar refractivity (Wildman–Crippen MR) is 90.6 cm³/mol. The highest BCUT2D eigenvalue weighted by Gasteiger charge is 2.07. The zero-order valence-corrected chi connectivity index (χ0v) is 13.5. The summed E-state index contributed by atoms with van der Waals surface area (Å²) in [5, 5.41) is 14.5. The van der Waals surface area contributed by atoms with Gasteiger partial charge in [-0.05, 0) is 36.8 Å². The molecule has 0 heterocycles. The second-order valence-electron chi connectivity index (χ2n) is 4.76. The van der Waals surface area contributed by atoms with Gasteiger partial charge < -0.3 is 0 Å². The molecule has 6 nitrogen and oxygen atoms in total. The summed E-state index contributed by atoms with van der Waals surface area (Å²) in [5.74, 6) is -0.719. The largest absolute Gasteiger partial charge is 0.272 e. The molecule has 0 aliphatic rings. The van der Waals surface area contributed by atoms with Gasteiger partial charge in [0.2, 0.25) is 5.91 Å². The second kappa shape index (κ2) is 8.21. The van der Waals surface area contributed by atoms with Crippen LogP contribution in [0.15, 0.2) is 58.5 Å². The standard InChI is InChI=1S/C16H14FN3O3S/c1-11(12-6-8-13(9-7-12)20(22)23)18-19-16(21)10-24-15-5-3-2-4-14(15)17/h2-9H,10H2,1H3,(H,19,21)/b18-11+. The van der Waals surface area contributed by atoms with Crippen LogP contribution in [0.5, 0.6) is 0 Å². The lowest BCUT2D eigenvalue weighted by atomic mass is 10.1. The van der Waals surface area contributed by atoms with Crippen molar-refractivity contribution in [1.82, 2.24) is 5.43 Å². The van der Waals surface area contributed by atoms with Crippen LogP contribution in [0.2, 0.25) is 0 Å². The molecule has 1 amide bonds. The second-order valence-corrected chi connectivity index (χ2v) is 5.77. The Balaban J connectivity index is 1.90. The number of rotatable bonds is 6.